The van der Waals surface area contributed by atoms with E-state index in [0.29, 0.717) is 17.4 Å². The fourth-order valence-corrected chi connectivity index (χ4v) is 2.50. The van der Waals surface area contributed by atoms with Crippen LogP contribution in [-0.2, 0) is 6.42 Å². The molecule has 1 aliphatic rings. The molecule has 0 saturated heterocycles. The van der Waals surface area contributed by atoms with E-state index in [1.165, 1.54) is 18.4 Å². The first-order valence-corrected chi connectivity index (χ1v) is 7.33. The van der Waals surface area contributed by atoms with Gasteiger partial charge in [-0.3, -0.25) is 0 Å². The molecule has 3 nitrogen and oxygen atoms in total. The molecule has 1 heterocycles. The molecule has 106 valence electrons. The van der Waals surface area contributed by atoms with E-state index >= 15 is 0 Å². The van der Waals surface area contributed by atoms with Crippen LogP contribution in [0.15, 0.2) is 18.2 Å². The van der Waals surface area contributed by atoms with Crippen LogP contribution in [0.4, 0.5) is 0 Å². The molecule has 19 heavy (non-hydrogen) atoms. The molecule has 0 bridgehead atoms. The Kier molecular flexibility index (Phi) is 4.58. The van der Waals surface area contributed by atoms with Gasteiger partial charge in [0.2, 0.25) is 0 Å². The molecule has 0 aliphatic carbocycles. The van der Waals surface area contributed by atoms with Gasteiger partial charge in [-0.25, -0.2) is 0 Å². The highest BCUT2D eigenvalue weighted by Crippen LogP contribution is 2.36. The van der Waals surface area contributed by atoms with Crippen molar-refractivity contribution in [2.45, 2.75) is 38.9 Å². The zero-order valence-electron chi connectivity index (χ0n) is 11.5. The van der Waals surface area contributed by atoms with E-state index in [-0.39, 0.29) is 12.5 Å². The summed E-state index contributed by atoms with van der Waals surface area (Å²) in [6, 6.07) is 5.86. The van der Waals surface area contributed by atoms with Gasteiger partial charge in [0.05, 0.1) is 5.88 Å². The highest BCUT2D eigenvalue weighted by molar-refractivity contribution is 6.18. The maximum Gasteiger partial charge on any atom is 0.256 e. The second-order valence-electron chi connectivity index (χ2n) is 5.35. The van der Waals surface area contributed by atoms with Crippen molar-refractivity contribution >= 4 is 11.6 Å². The lowest BCUT2D eigenvalue weighted by Crippen LogP contribution is -2.46. The lowest BCUT2D eigenvalue weighted by Gasteiger charge is -2.32. The summed E-state index contributed by atoms with van der Waals surface area (Å²) in [6.45, 7) is 4.53. The predicted molar refractivity (Wildman–Crippen MR) is 76.0 cm³/mol. The normalized spacial score (nSPS) is 23.2. The fourth-order valence-electron chi connectivity index (χ4n) is 2.36. The molecule has 1 N–H and O–H groups in total. The van der Waals surface area contributed by atoms with Crippen LogP contribution in [0.1, 0.15) is 32.3 Å². The maximum absolute atomic E-state index is 9.93. The molecular weight excluding hydrogens is 264 g/mol. The molecule has 1 aromatic carbocycles. The molecule has 4 heteroatoms. The van der Waals surface area contributed by atoms with Gasteiger partial charge in [0.25, 0.3) is 5.79 Å². The van der Waals surface area contributed by atoms with Crippen molar-refractivity contribution in [3.63, 3.8) is 0 Å². The van der Waals surface area contributed by atoms with E-state index in [4.69, 9.17) is 21.1 Å². The van der Waals surface area contributed by atoms with Crippen LogP contribution in [-0.4, -0.2) is 23.4 Å². The Balaban J connectivity index is 2.09. The average Bonchev–Trinajstić information content (AvgIpc) is 2.39. The first-order valence-electron chi connectivity index (χ1n) is 6.79. The third kappa shape index (κ3) is 3.54. The minimum Gasteiger partial charge on any atom is -0.483 e. The number of rotatable bonds is 5. The summed E-state index contributed by atoms with van der Waals surface area (Å²) >= 11 is 5.67. The summed E-state index contributed by atoms with van der Waals surface area (Å²) in [5.41, 5.74) is 1.24. The van der Waals surface area contributed by atoms with Gasteiger partial charge in [0.15, 0.2) is 18.1 Å². The van der Waals surface area contributed by atoms with Crippen molar-refractivity contribution in [3.8, 4) is 11.5 Å². The molecule has 2 unspecified atom stereocenters. The smallest absolute Gasteiger partial charge is 0.256 e. The van der Waals surface area contributed by atoms with Gasteiger partial charge in [-0.15, -0.1) is 11.6 Å². The molecule has 2 atom stereocenters. The van der Waals surface area contributed by atoms with Gasteiger partial charge in [0.1, 0.15) is 0 Å². The lowest BCUT2D eigenvalue weighted by atomic mass is 9.97. The fraction of sp³-hybridized carbons (Fsp3) is 0.600. The Morgan fingerprint density at radius 3 is 2.89 bits per heavy atom. The second kappa shape index (κ2) is 6.02. The Morgan fingerprint density at radius 2 is 2.21 bits per heavy atom. The number of fused-ring (bicyclic) bond motifs is 1. The van der Waals surface area contributed by atoms with Crippen molar-refractivity contribution < 1.29 is 14.6 Å². The Bertz CT molecular complexity index is 435. The van der Waals surface area contributed by atoms with Crippen LogP contribution in [0.5, 0.6) is 11.5 Å². The van der Waals surface area contributed by atoms with Gasteiger partial charge in [-0.1, -0.05) is 32.8 Å². The molecular formula is C15H21ClO3. The minimum atomic E-state index is -1.41. The highest BCUT2D eigenvalue weighted by atomic mass is 35.5. The molecule has 0 aromatic heterocycles. The summed E-state index contributed by atoms with van der Waals surface area (Å²) in [4.78, 5) is 0. The highest BCUT2D eigenvalue weighted by Gasteiger charge is 2.34. The zero-order valence-corrected chi connectivity index (χ0v) is 12.2. The number of hydrogen-bond donors (Lipinski definition) is 1. The largest absolute Gasteiger partial charge is 0.483 e. The van der Waals surface area contributed by atoms with Gasteiger partial charge < -0.3 is 14.6 Å². The molecule has 0 saturated carbocycles. The molecule has 0 radical (unpaired) electrons. The monoisotopic (exact) mass is 284 g/mol. The van der Waals surface area contributed by atoms with Crippen LogP contribution in [0.3, 0.4) is 0 Å². The third-order valence-electron chi connectivity index (χ3n) is 3.34. The summed E-state index contributed by atoms with van der Waals surface area (Å²) in [7, 11) is 0. The lowest BCUT2D eigenvalue weighted by molar-refractivity contribution is -0.156. The summed E-state index contributed by atoms with van der Waals surface area (Å²) < 4.78 is 11.0. The number of halogens is 1. The van der Waals surface area contributed by atoms with Crippen molar-refractivity contribution in [2.24, 2.45) is 5.92 Å². The molecule has 0 fully saturated rings. The first kappa shape index (κ1) is 14.5. The summed E-state index contributed by atoms with van der Waals surface area (Å²) in [5, 5.41) is 9.93. The molecule has 2 rings (SSSR count). The van der Waals surface area contributed by atoms with E-state index in [9.17, 15) is 5.11 Å². The first-order chi connectivity index (χ1) is 9.06. The van der Waals surface area contributed by atoms with E-state index < -0.39 is 5.79 Å². The number of hydrogen-bond acceptors (Lipinski definition) is 3. The number of aliphatic hydroxyl groups is 1. The second-order valence-corrected chi connectivity index (χ2v) is 5.62. The summed E-state index contributed by atoms with van der Waals surface area (Å²) in [5.74, 6) is 0.484. The predicted octanol–water partition coefficient (Wildman–Crippen LogP) is 3.36. The van der Waals surface area contributed by atoms with Gasteiger partial charge >= 0.3 is 0 Å². The van der Waals surface area contributed by atoms with Gasteiger partial charge in [0, 0.05) is 0 Å². The molecule has 1 aromatic rings. The molecule has 1 aliphatic heterocycles. The van der Waals surface area contributed by atoms with Crippen molar-refractivity contribution in [1.82, 2.24) is 0 Å². The Labute approximate surface area is 119 Å². The van der Waals surface area contributed by atoms with Crippen LogP contribution < -0.4 is 9.47 Å². The van der Waals surface area contributed by atoms with Crippen molar-refractivity contribution in [3.05, 3.63) is 23.8 Å². The number of alkyl halides is 1. The van der Waals surface area contributed by atoms with E-state index in [0.717, 1.165) is 6.42 Å². The van der Waals surface area contributed by atoms with Gasteiger partial charge in [-0.05, 0) is 30.0 Å². The van der Waals surface area contributed by atoms with Crippen molar-refractivity contribution in [2.75, 3.05) is 12.5 Å². The quantitative estimate of drug-likeness (QED) is 0.843. The maximum atomic E-state index is 9.93. The minimum absolute atomic E-state index is 0.0122. The Morgan fingerprint density at radius 1 is 1.42 bits per heavy atom. The van der Waals surface area contributed by atoms with Crippen LogP contribution in [0.25, 0.3) is 0 Å². The molecule has 0 amide bonds. The van der Waals surface area contributed by atoms with Crippen LogP contribution in [0.2, 0.25) is 0 Å². The number of ether oxygens (including phenoxy) is 2. The van der Waals surface area contributed by atoms with E-state index in [1.54, 1.807) is 0 Å². The van der Waals surface area contributed by atoms with Gasteiger partial charge in [-0.2, -0.15) is 0 Å². The van der Waals surface area contributed by atoms with Crippen molar-refractivity contribution in [1.29, 1.82) is 0 Å². The summed E-state index contributed by atoms with van der Waals surface area (Å²) in [6.07, 6.45) is 3.46. The zero-order chi connectivity index (χ0) is 13.9. The number of benzene rings is 1. The van der Waals surface area contributed by atoms with E-state index in [2.05, 4.69) is 13.8 Å². The standard InChI is InChI=1S/C15H21ClO3/c1-3-4-11(2)7-12-5-6-13-14(8-12)18-10-15(17,9-16)19-13/h5-6,8,11,17H,3-4,7,9-10H2,1-2H3. The molecule has 0 spiro atoms. The third-order valence-corrected chi connectivity index (χ3v) is 3.75. The average molecular weight is 285 g/mol. The van der Waals surface area contributed by atoms with Crippen LogP contribution >= 0.6 is 11.6 Å². The van der Waals surface area contributed by atoms with E-state index in [1.807, 2.05) is 18.2 Å². The SMILES string of the molecule is CCCC(C)Cc1ccc2c(c1)OCC(O)(CCl)O2. The topological polar surface area (TPSA) is 38.7 Å². The Hall–Kier alpha value is -0.930. The van der Waals surface area contributed by atoms with Crippen LogP contribution in [0, 0.1) is 5.92 Å².